The van der Waals surface area contributed by atoms with Crippen LogP contribution in [0, 0.1) is 0 Å². The molecule has 0 saturated heterocycles. The molecule has 0 bridgehead atoms. The monoisotopic (exact) mass is 198 g/mol. The highest BCUT2D eigenvalue weighted by atomic mass is 16.4. The largest absolute Gasteiger partial charge is 0.419 e. The minimum Gasteiger partial charge on any atom is -0.417 e. The van der Waals surface area contributed by atoms with E-state index < -0.39 is 5.76 Å². The van der Waals surface area contributed by atoms with Crippen molar-refractivity contribution in [1.29, 1.82) is 0 Å². The second kappa shape index (κ2) is 5.39. The van der Waals surface area contributed by atoms with Crippen LogP contribution in [-0.2, 0) is 6.42 Å². The van der Waals surface area contributed by atoms with Gasteiger partial charge in [0.1, 0.15) is 6.26 Å². The molecule has 0 aromatic carbocycles. The van der Waals surface area contributed by atoms with Gasteiger partial charge in [-0.2, -0.15) is 0 Å². The summed E-state index contributed by atoms with van der Waals surface area (Å²) >= 11 is 0. The predicted octanol–water partition coefficient (Wildman–Crippen LogP) is -0.000400. The molecule has 1 aromatic rings. The number of aromatic amines is 1. The van der Waals surface area contributed by atoms with Crippen LogP contribution in [0.5, 0.6) is 0 Å². The number of rotatable bonds is 5. The fraction of sp³-hybridized carbons (Fsp3) is 0.556. The van der Waals surface area contributed by atoms with E-state index in [0.717, 1.165) is 19.3 Å². The van der Waals surface area contributed by atoms with E-state index in [4.69, 9.17) is 5.73 Å². The average molecular weight is 198 g/mol. The summed E-state index contributed by atoms with van der Waals surface area (Å²) in [5.41, 5.74) is 5.49. The molecule has 0 saturated carbocycles. The minimum absolute atomic E-state index is 0.353. The van der Waals surface area contributed by atoms with Gasteiger partial charge >= 0.3 is 5.76 Å². The van der Waals surface area contributed by atoms with Gasteiger partial charge in [-0.15, -0.1) is 0 Å². The van der Waals surface area contributed by atoms with E-state index in [-0.39, 0.29) is 5.56 Å². The van der Waals surface area contributed by atoms with E-state index in [2.05, 4.69) is 9.40 Å². The van der Waals surface area contributed by atoms with E-state index in [1.54, 1.807) is 0 Å². The molecule has 5 nitrogen and oxygen atoms in total. The SMILES string of the molecule is NCCCCCc1coc(=O)[nH]c1=O. The van der Waals surface area contributed by atoms with Crippen molar-refractivity contribution in [3.05, 3.63) is 32.7 Å². The Labute approximate surface area is 80.9 Å². The lowest BCUT2D eigenvalue weighted by molar-refractivity contribution is 0.469. The number of aromatic nitrogens is 1. The first-order valence-electron chi connectivity index (χ1n) is 4.65. The van der Waals surface area contributed by atoms with Gasteiger partial charge in [0.15, 0.2) is 0 Å². The molecule has 0 aliphatic heterocycles. The summed E-state index contributed by atoms with van der Waals surface area (Å²) in [4.78, 5) is 23.8. The van der Waals surface area contributed by atoms with E-state index >= 15 is 0 Å². The Bertz CT molecular complexity index is 380. The van der Waals surface area contributed by atoms with E-state index in [1.807, 2.05) is 0 Å². The lowest BCUT2D eigenvalue weighted by Crippen LogP contribution is -2.21. The third-order valence-corrected chi connectivity index (χ3v) is 1.97. The Balaban J connectivity index is 2.51. The van der Waals surface area contributed by atoms with Crippen molar-refractivity contribution in [2.24, 2.45) is 5.73 Å². The number of hydrogen-bond donors (Lipinski definition) is 2. The summed E-state index contributed by atoms with van der Waals surface area (Å²) < 4.78 is 4.56. The van der Waals surface area contributed by atoms with Crippen molar-refractivity contribution in [2.45, 2.75) is 25.7 Å². The second-order valence-electron chi connectivity index (χ2n) is 3.10. The summed E-state index contributed by atoms with van der Waals surface area (Å²) in [7, 11) is 0. The molecule has 0 amide bonds. The quantitative estimate of drug-likeness (QED) is 0.652. The fourth-order valence-electron chi connectivity index (χ4n) is 1.19. The van der Waals surface area contributed by atoms with Crippen molar-refractivity contribution >= 4 is 0 Å². The van der Waals surface area contributed by atoms with Crippen molar-refractivity contribution in [3.63, 3.8) is 0 Å². The van der Waals surface area contributed by atoms with Crippen LogP contribution in [0.25, 0.3) is 0 Å². The third kappa shape index (κ3) is 3.18. The average Bonchev–Trinajstić information content (AvgIpc) is 2.15. The van der Waals surface area contributed by atoms with E-state index in [0.29, 0.717) is 18.5 Å². The van der Waals surface area contributed by atoms with Gasteiger partial charge in [0.25, 0.3) is 5.56 Å². The molecule has 0 spiro atoms. The molecule has 14 heavy (non-hydrogen) atoms. The lowest BCUT2D eigenvalue weighted by atomic mass is 10.1. The van der Waals surface area contributed by atoms with Crippen LogP contribution in [0.1, 0.15) is 24.8 Å². The van der Waals surface area contributed by atoms with Gasteiger partial charge in [0.05, 0.1) is 5.56 Å². The van der Waals surface area contributed by atoms with Gasteiger partial charge in [0.2, 0.25) is 0 Å². The number of hydrogen-bond acceptors (Lipinski definition) is 4. The highest BCUT2D eigenvalue weighted by Gasteiger charge is 2.00. The molecule has 1 heterocycles. The molecule has 0 fully saturated rings. The first kappa shape index (κ1) is 10.7. The molecule has 0 aliphatic rings. The van der Waals surface area contributed by atoms with Crippen LogP contribution in [-0.4, -0.2) is 11.5 Å². The molecule has 5 heteroatoms. The van der Waals surface area contributed by atoms with E-state index in [9.17, 15) is 9.59 Å². The van der Waals surface area contributed by atoms with Crippen LogP contribution in [0.2, 0.25) is 0 Å². The number of nitrogens with one attached hydrogen (secondary N) is 1. The Morgan fingerprint density at radius 2 is 2.07 bits per heavy atom. The molecule has 78 valence electrons. The molecular weight excluding hydrogens is 184 g/mol. The highest BCUT2D eigenvalue weighted by Crippen LogP contribution is 2.00. The zero-order valence-corrected chi connectivity index (χ0v) is 7.91. The van der Waals surface area contributed by atoms with Gasteiger partial charge in [-0.3, -0.25) is 9.78 Å². The number of unbranched alkanes of at least 4 members (excludes halogenated alkanes) is 2. The van der Waals surface area contributed by atoms with Crippen LogP contribution in [0.15, 0.2) is 20.3 Å². The highest BCUT2D eigenvalue weighted by molar-refractivity contribution is 5.00. The van der Waals surface area contributed by atoms with E-state index in [1.165, 1.54) is 6.26 Å². The Morgan fingerprint density at radius 3 is 2.71 bits per heavy atom. The molecule has 0 atom stereocenters. The first-order valence-corrected chi connectivity index (χ1v) is 4.65. The summed E-state index contributed by atoms with van der Waals surface area (Å²) in [6.45, 7) is 0.667. The molecule has 3 N–H and O–H groups in total. The van der Waals surface area contributed by atoms with Gasteiger partial charge < -0.3 is 10.2 Å². The lowest BCUT2D eigenvalue weighted by Gasteiger charge is -1.97. The Hall–Kier alpha value is -1.36. The zero-order valence-electron chi connectivity index (χ0n) is 7.91. The Morgan fingerprint density at radius 1 is 1.29 bits per heavy atom. The molecule has 0 aliphatic carbocycles. The van der Waals surface area contributed by atoms with Crippen molar-refractivity contribution in [3.8, 4) is 0 Å². The van der Waals surface area contributed by atoms with Crippen molar-refractivity contribution < 1.29 is 4.42 Å². The number of nitrogens with two attached hydrogens (primary N) is 1. The maximum atomic E-state index is 11.2. The topological polar surface area (TPSA) is 89.1 Å². The predicted molar refractivity (Wildman–Crippen MR) is 52.2 cm³/mol. The smallest absolute Gasteiger partial charge is 0.417 e. The van der Waals surface area contributed by atoms with Crippen LogP contribution in [0.3, 0.4) is 0 Å². The van der Waals surface area contributed by atoms with Crippen LogP contribution >= 0.6 is 0 Å². The number of aryl methyl sites for hydroxylation is 1. The molecule has 1 rings (SSSR count). The summed E-state index contributed by atoms with van der Waals surface area (Å²) in [5.74, 6) is -0.708. The Kier molecular flexibility index (Phi) is 4.12. The van der Waals surface area contributed by atoms with Crippen LogP contribution < -0.4 is 17.0 Å². The van der Waals surface area contributed by atoms with Crippen LogP contribution in [0.4, 0.5) is 0 Å². The first-order chi connectivity index (χ1) is 6.74. The summed E-state index contributed by atoms with van der Waals surface area (Å²) in [6.07, 6.45) is 4.67. The molecule has 0 radical (unpaired) electrons. The molecule has 1 aromatic heterocycles. The molecular formula is C9H14N2O3. The zero-order chi connectivity index (χ0) is 10.4. The van der Waals surface area contributed by atoms with Crippen molar-refractivity contribution in [2.75, 3.05) is 6.54 Å². The maximum Gasteiger partial charge on any atom is 0.419 e. The molecule has 0 unspecified atom stereocenters. The number of H-pyrrole nitrogens is 1. The van der Waals surface area contributed by atoms with Gasteiger partial charge in [0, 0.05) is 0 Å². The van der Waals surface area contributed by atoms with Crippen molar-refractivity contribution in [1.82, 2.24) is 4.98 Å². The van der Waals surface area contributed by atoms with Gasteiger partial charge in [-0.1, -0.05) is 6.42 Å². The standard InChI is InChI=1S/C9H14N2O3/c10-5-3-1-2-4-7-6-14-9(13)11-8(7)12/h6H,1-5,10H2,(H,11,12,13). The maximum absolute atomic E-state index is 11.2. The van der Waals surface area contributed by atoms with Gasteiger partial charge in [-0.05, 0) is 25.8 Å². The minimum atomic E-state index is -0.708. The van der Waals surface area contributed by atoms with Gasteiger partial charge in [-0.25, -0.2) is 4.79 Å². The normalized spacial score (nSPS) is 10.4. The fourth-order valence-corrected chi connectivity index (χ4v) is 1.19. The summed E-state index contributed by atoms with van der Waals surface area (Å²) in [6, 6.07) is 0. The third-order valence-electron chi connectivity index (χ3n) is 1.97. The second-order valence-corrected chi connectivity index (χ2v) is 3.10. The summed E-state index contributed by atoms with van der Waals surface area (Å²) in [5, 5.41) is 0.